The van der Waals surface area contributed by atoms with Crippen LogP contribution >= 0.6 is 0 Å². The Bertz CT molecular complexity index is 1210. The Kier molecular flexibility index (Phi) is 6.55. The number of nitrogens with zero attached hydrogens (tertiary/aromatic N) is 1. The lowest BCUT2D eigenvalue weighted by Gasteiger charge is -2.42. The summed E-state index contributed by atoms with van der Waals surface area (Å²) in [7, 11) is -3.62. The number of carbonyl (C=O) groups excluding carboxylic acids is 1. The van der Waals surface area contributed by atoms with Gasteiger partial charge in [-0.25, -0.2) is 8.42 Å². The van der Waals surface area contributed by atoms with Gasteiger partial charge in [0.15, 0.2) is 6.10 Å². The number of hydrogen-bond acceptors (Lipinski definition) is 5. The molecule has 1 N–H and O–H groups in total. The van der Waals surface area contributed by atoms with Gasteiger partial charge < -0.3 is 14.8 Å². The van der Waals surface area contributed by atoms with Crippen molar-refractivity contribution < 1.29 is 22.7 Å². The first kappa shape index (κ1) is 25.4. The van der Waals surface area contributed by atoms with Crippen LogP contribution in [0.4, 0.5) is 5.69 Å². The highest BCUT2D eigenvalue weighted by Crippen LogP contribution is 2.43. The maximum absolute atomic E-state index is 13.5. The molecule has 2 aromatic rings. The van der Waals surface area contributed by atoms with Crippen molar-refractivity contribution in [1.29, 1.82) is 0 Å². The zero-order valence-corrected chi connectivity index (χ0v) is 22.2. The molecule has 0 aromatic heterocycles. The van der Waals surface area contributed by atoms with Gasteiger partial charge in [-0.15, -0.1) is 0 Å². The first-order valence-electron chi connectivity index (χ1n) is 12.2. The number of ether oxygens (including phenoxy) is 2. The summed E-state index contributed by atoms with van der Waals surface area (Å²) in [5, 5.41) is 3.14. The molecule has 190 valence electrons. The number of rotatable bonds is 5. The van der Waals surface area contributed by atoms with Gasteiger partial charge in [0.25, 0.3) is 5.91 Å². The molecular formula is C27H36N2O5S. The quantitative estimate of drug-likeness (QED) is 0.643. The molecule has 2 aliphatic heterocycles. The van der Waals surface area contributed by atoms with Crippen molar-refractivity contribution in [3.63, 3.8) is 0 Å². The number of carbonyl (C=O) groups is 1. The highest BCUT2D eigenvalue weighted by molar-refractivity contribution is 7.92. The lowest BCUT2D eigenvalue weighted by molar-refractivity contribution is -0.129. The Balaban J connectivity index is 1.63. The molecule has 1 amide bonds. The number of sulfonamides is 1. The minimum Gasteiger partial charge on any atom is -0.487 e. The van der Waals surface area contributed by atoms with Crippen LogP contribution in [-0.4, -0.2) is 38.8 Å². The SMILES string of the molecule is CCC1(CC)CC(NC(=O)C2CN(S(C)(=O)=O)c3cc(C(C)(C)C)ccc3O2)c2ccccc2O1. The topological polar surface area (TPSA) is 84.9 Å². The number of anilines is 1. The fourth-order valence-electron chi connectivity index (χ4n) is 4.86. The van der Waals surface area contributed by atoms with E-state index in [2.05, 4.69) is 39.9 Å². The van der Waals surface area contributed by atoms with Crippen molar-refractivity contribution in [1.82, 2.24) is 5.32 Å². The van der Waals surface area contributed by atoms with Gasteiger partial charge in [-0.2, -0.15) is 0 Å². The number of hydrogen-bond donors (Lipinski definition) is 1. The molecule has 2 unspecified atom stereocenters. The van der Waals surface area contributed by atoms with Gasteiger partial charge in [-0.1, -0.05) is 58.9 Å². The van der Waals surface area contributed by atoms with E-state index in [1.165, 1.54) is 4.31 Å². The lowest BCUT2D eigenvalue weighted by Crippen LogP contribution is -2.52. The van der Waals surface area contributed by atoms with Crippen LogP contribution in [0.1, 0.15) is 71.0 Å². The highest BCUT2D eigenvalue weighted by atomic mass is 32.2. The molecule has 0 aliphatic carbocycles. The van der Waals surface area contributed by atoms with E-state index in [1.54, 1.807) is 6.07 Å². The Hall–Kier alpha value is -2.74. The maximum Gasteiger partial charge on any atom is 0.263 e. The van der Waals surface area contributed by atoms with Gasteiger partial charge in [0.1, 0.15) is 17.1 Å². The summed E-state index contributed by atoms with van der Waals surface area (Å²) in [5.74, 6) is 0.820. The summed E-state index contributed by atoms with van der Waals surface area (Å²) in [6.07, 6.45) is 2.46. The van der Waals surface area contributed by atoms with Crippen LogP contribution in [0.25, 0.3) is 0 Å². The van der Waals surface area contributed by atoms with Crippen molar-refractivity contribution in [2.75, 3.05) is 17.1 Å². The molecule has 7 nitrogen and oxygen atoms in total. The van der Waals surface area contributed by atoms with Crippen LogP contribution in [0.3, 0.4) is 0 Å². The van der Waals surface area contributed by atoms with Crippen LogP contribution < -0.4 is 19.1 Å². The third kappa shape index (κ3) is 4.99. The van der Waals surface area contributed by atoms with E-state index < -0.39 is 16.1 Å². The van der Waals surface area contributed by atoms with E-state index in [9.17, 15) is 13.2 Å². The van der Waals surface area contributed by atoms with Crippen LogP contribution in [-0.2, 0) is 20.2 Å². The summed E-state index contributed by atoms with van der Waals surface area (Å²) in [5.41, 5.74) is 1.86. The van der Waals surface area contributed by atoms with E-state index >= 15 is 0 Å². The van der Waals surface area contributed by atoms with Gasteiger partial charge >= 0.3 is 0 Å². The second-order valence-electron chi connectivity index (χ2n) is 10.6. The second-order valence-corrected chi connectivity index (χ2v) is 12.5. The number of benzene rings is 2. The Morgan fingerprint density at radius 1 is 1.11 bits per heavy atom. The summed E-state index contributed by atoms with van der Waals surface area (Å²) in [4.78, 5) is 13.5. The standard InChI is InChI=1S/C27H36N2O5S/c1-7-27(8-2)16-20(19-11-9-10-12-22(19)34-27)28-25(30)24-17-29(35(6,31)32)21-15-18(26(3,4)5)13-14-23(21)33-24/h9-15,20,24H,7-8,16-17H2,1-6H3,(H,28,30). The van der Waals surface area contributed by atoms with E-state index in [4.69, 9.17) is 9.47 Å². The van der Waals surface area contributed by atoms with Crippen molar-refractivity contribution >= 4 is 21.6 Å². The predicted octanol–water partition coefficient (Wildman–Crippen LogP) is 4.71. The third-order valence-corrected chi connectivity index (χ3v) is 8.34. The molecule has 2 aromatic carbocycles. The van der Waals surface area contributed by atoms with Crippen LogP contribution in [0, 0.1) is 0 Å². The highest BCUT2D eigenvalue weighted by Gasteiger charge is 2.41. The van der Waals surface area contributed by atoms with Gasteiger partial charge in [0.05, 0.1) is 24.5 Å². The smallest absolute Gasteiger partial charge is 0.263 e. The Morgan fingerprint density at radius 3 is 2.43 bits per heavy atom. The van der Waals surface area contributed by atoms with Crippen molar-refractivity contribution in [2.45, 2.75) is 77.0 Å². The second kappa shape index (κ2) is 9.04. The Morgan fingerprint density at radius 2 is 1.80 bits per heavy atom. The fraction of sp³-hybridized carbons (Fsp3) is 0.519. The first-order valence-corrected chi connectivity index (χ1v) is 14.1. The number of nitrogens with one attached hydrogen (secondary N) is 1. The monoisotopic (exact) mass is 500 g/mol. The van der Waals surface area contributed by atoms with E-state index in [0.29, 0.717) is 17.9 Å². The van der Waals surface area contributed by atoms with Crippen LogP contribution in [0.2, 0.25) is 0 Å². The molecule has 0 saturated heterocycles. The molecule has 0 spiro atoms. The Labute approximate surface area is 208 Å². The molecule has 0 bridgehead atoms. The van der Waals surface area contributed by atoms with Crippen molar-refractivity contribution in [2.24, 2.45) is 0 Å². The third-order valence-electron chi connectivity index (χ3n) is 7.19. The lowest BCUT2D eigenvalue weighted by atomic mass is 9.83. The van der Waals surface area contributed by atoms with Gasteiger partial charge in [0.2, 0.25) is 10.0 Å². The average Bonchev–Trinajstić information content (AvgIpc) is 2.81. The molecule has 0 saturated carbocycles. The maximum atomic E-state index is 13.5. The number of amides is 1. The molecule has 0 radical (unpaired) electrons. The fourth-order valence-corrected chi connectivity index (χ4v) is 5.77. The van der Waals surface area contributed by atoms with Gasteiger partial charge in [-0.05, 0) is 42.0 Å². The van der Waals surface area contributed by atoms with E-state index in [1.807, 2.05) is 36.4 Å². The molecule has 2 atom stereocenters. The number of para-hydroxylation sites is 1. The molecular weight excluding hydrogens is 464 g/mol. The zero-order valence-electron chi connectivity index (χ0n) is 21.4. The molecule has 8 heteroatoms. The summed E-state index contributed by atoms with van der Waals surface area (Å²) in [6.45, 7) is 10.3. The van der Waals surface area contributed by atoms with Crippen molar-refractivity contribution in [3.8, 4) is 11.5 Å². The largest absolute Gasteiger partial charge is 0.487 e. The van der Waals surface area contributed by atoms with Gasteiger partial charge in [0, 0.05) is 12.0 Å². The molecule has 35 heavy (non-hydrogen) atoms. The minimum atomic E-state index is -3.62. The van der Waals surface area contributed by atoms with Gasteiger partial charge in [-0.3, -0.25) is 9.10 Å². The molecule has 4 rings (SSSR count). The van der Waals surface area contributed by atoms with Crippen LogP contribution in [0.15, 0.2) is 42.5 Å². The predicted molar refractivity (Wildman–Crippen MR) is 138 cm³/mol. The molecule has 2 heterocycles. The minimum absolute atomic E-state index is 0.0805. The van der Waals surface area contributed by atoms with Crippen LogP contribution in [0.5, 0.6) is 11.5 Å². The molecule has 2 aliphatic rings. The van der Waals surface area contributed by atoms with E-state index in [0.717, 1.165) is 36.0 Å². The summed E-state index contributed by atoms with van der Waals surface area (Å²) >= 11 is 0. The summed E-state index contributed by atoms with van der Waals surface area (Å²) in [6, 6.07) is 13.0. The number of fused-ring (bicyclic) bond motifs is 2. The first-order chi connectivity index (χ1) is 16.4. The summed E-state index contributed by atoms with van der Waals surface area (Å²) < 4.78 is 39.1. The van der Waals surface area contributed by atoms with E-state index in [-0.39, 0.29) is 29.5 Å². The normalized spacial score (nSPS) is 21.3. The van der Waals surface area contributed by atoms with Crippen molar-refractivity contribution in [3.05, 3.63) is 53.6 Å². The average molecular weight is 501 g/mol. The molecule has 0 fully saturated rings. The zero-order chi connectivity index (χ0) is 25.6.